The van der Waals surface area contributed by atoms with Crippen LogP contribution in [-0.2, 0) is 4.79 Å². The second-order valence-electron chi connectivity index (χ2n) is 7.43. The van der Waals surface area contributed by atoms with Crippen molar-refractivity contribution in [3.8, 4) is 11.5 Å². The largest absolute Gasteiger partial charge is 0.486 e. The van der Waals surface area contributed by atoms with Crippen molar-refractivity contribution in [3.05, 3.63) is 52.5 Å². The Morgan fingerprint density at radius 1 is 0.967 bits per heavy atom. The van der Waals surface area contributed by atoms with Crippen LogP contribution < -0.4 is 25.4 Å². The van der Waals surface area contributed by atoms with E-state index >= 15 is 0 Å². The smallest absolute Gasteiger partial charge is 0.319 e. The highest BCUT2D eigenvalue weighted by Gasteiger charge is 2.27. The summed E-state index contributed by atoms with van der Waals surface area (Å²) in [6.45, 7) is 6.66. The minimum absolute atomic E-state index is 0.0950. The number of hydrogen-bond donors (Lipinski definition) is 3. The van der Waals surface area contributed by atoms with E-state index in [0.29, 0.717) is 30.4 Å². The maximum Gasteiger partial charge on any atom is 0.319 e. The number of urea groups is 1. The van der Waals surface area contributed by atoms with Gasteiger partial charge in [-0.15, -0.1) is 0 Å². The summed E-state index contributed by atoms with van der Waals surface area (Å²) in [5.74, 6) is 0.973. The molecule has 2 unspecified atom stereocenters. The molecule has 3 amide bonds. The van der Waals surface area contributed by atoms with E-state index in [2.05, 4.69) is 31.9 Å². The summed E-state index contributed by atoms with van der Waals surface area (Å²) < 4.78 is 12.0. The van der Waals surface area contributed by atoms with E-state index in [1.54, 1.807) is 12.1 Å². The molecule has 2 aromatic rings. The van der Waals surface area contributed by atoms with Crippen LogP contribution in [0.4, 0.5) is 10.5 Å². The van der Waals surface area contributed by atoms with Crippen LogP contribution in [0.15, 0.2) is 46.9 Å². The van der Waals surface area contributed by atoms with Gasteiger partial charge in [-0.25, -0.2) is 4.79 Å². The van der Waals surface area contributed by atoms with Gasteiger partial charge in [0.05, 0.1) is 6.04 Å². The molecule has 7 nitrogen and oxygen atoms in total. The van der Waals surface area contributed by atoms with Gasteiger partial charge in [-0.05, 0) is 42.7 Å². The molecular weight excluding hydrogens is 450 g/mol. The van der Waals surface area contributed by atoms with Gasteiger partial charge < -0.3 is 25.4 Å². The molecular formula is C22H26BrN3O4. The summed E-state index contributed by atoms with van der Waals surface area (Å²) in [4.78, 5) is 25.3. The Morgan fingerprint density at radius 2 is 1.60 bits per heavy atom. The van der Waals surface area contributed by atoms with Gasteiger partial charge in [-0.2, -0.15) is 0 Å². The number of carbonyl (C=O) groups is 2. The van der Waals surface area contributed by atoms with E-state index in [4.69, 9.17) is 9.47 Å². The Kier molecular flexibility index (Phi) is 7.20. The average molecular weight is 476 g/mol. The zero-order valence-electron chi connectivity index (χ0n) is 17.2. The second kappa shape index (κ2) is 9.84. The number of amides is 3. The molecule has 1 aliphatic heterocycles. The molecule has 160 valence electrons. The molecule has 1 heterocycles. The average Bonchev–Trinajstić information content (AvgIpc) is 2.71. The Balaban J connectivity index is 1.66. The lowest BCUT2D eigenvalue weighted by Crippen LogP contribution is -2.51. The van der Waals surface area contributed by atoms with Gasteiger partial charge in [0.2, 0.25) is 5.91 Å². The van der Waals surface area contributed by atoms with Crippen LogP contribution >= 0.6 is 15.9 Å². The van der Waals surface area contributed by atoms with Crippen molar-refractivity contribution < 1.29 is 19.1 Å². The summed E-state index contributed by atoms with van der Waals surface area (Å²) in [6.07, 6.45) is 0. The van der Waals surface area contributed by atoms with Gasteiger partial charge in [-0.1, -0.05) is 48.0 Å². The van der Waals surface area contributed by atoms with E-state index in [0.717, 1.165) is 10.0 Å². The Morgan fingerprint density at radius 3 is 2.23 bits per heavy atom. The van der Waals surface area contributed by atoms with Crippen molar-refractivity contribution >= 4 is 33.6 Å². The van der Waals surface area contributed by atoms with Crippen LogP contribution in [0.3, 0.4) is 0 Å². The molecule has 1 aliphatic rings. The number of nitrogens with one attached hydrogen (secondary N) is 3. The van der Waals surface area contributed by atoms with Crippen LogP contribution in [0.1, 0.15) is 32.4 Å². The maximum atomic E-state index is 12.9. The molecule has 2 atom stereocenters. The van der Waals surface area contributed by atoms with E-state index in [-0.39, 0.29) is 17.9 Å². The highest BCUT2D eigenvalue weighted by molar-refractivity contribution is 9.10. The molecule has 0 saturated carbocycles. The molecule has 0 aliphatic carbocycles. The molecule has 0 radical (unpaired) electrons. The summed E-state index contributed by atoms with van der Waals surface area (Å²) in [5.41, 5.74) is 1.52. The number of carbonyl (C=O) groups excluding carboxylic acids is 2. The monoisotopic (exact) mass is 475 g/mol. The van der Waals surface area contributed by atoms with Crippen LogP contribution in [0.25, 0.3) is 0 Å². The number of benzene rings is 2. The van der Waals surface area contributed by atoms with Crippen LogP contribution in [0.5, 0.6) is 11.5 Å². The van der Waals surface area contributed by atoms with Crippen molar-refractivity contribution in [2.75, 3.05) is 18.5 Å². The predicted molar refractivity (Wildman–Crippen MR) is 119 cm³/mol. The first-order valence-corrected chi connectivity index (χ1v) is 10.7. The van der Waals surface area contributed by atoms with Gasteiger partial charge in [0, 0.05) is 10.2 Å². The molecule has 2 aromatic carbocycles. The topological polar surface area (TPSA) is 88.7 Å². The molecule has 30 heavy (non-hydrogen) atoms. The fraction of sp³-hybridized carbons (Fsp3) is 0.364. The fourth-order valence-corrected chi connectivity index (χ4v) is 3.82. The zero-order chi connectivity index (χ0) is 21.7. The van der Waals surface area contributed by atoms with Gasteiger partial charge in [0.15, 0.2) is 11.5 Å². The molecule has 0 aromatic heterocycles. The number of anilines is 1. The molecule has 0 fully saturated rings. The van der Waals surface area contributed by atoms with E-state index < -0.39 is 12.1 Å². The Hall–Kier alpha value is -2.74. The van der Waals surface area contributed by atoms with E-state index in [1.165, 1.54) is 0 Å². The lowest BCUT2D eigenvalue weighted by atomic mass is 10.0. The molecule has 0 spiro atoms. The lowest BCUT2D eigenvalue weighted by Gasteiger charge is -2.26. The summed E-state index contributed by atoms with van der Waals surface area (Å²) in [6, 6.07) is 11.4. The minimum Gasteiger partial charge on any atom is -0.486 e. The van der Waals surface area contributed by atoms with Crippen molar-refractivity contribution in [3.63, 3.8) is 0 Å². The highest BCUT2D eigenvalue weighted by atomic mass is 79.9. The third-order valence-corrected chi connectivity index (χ3v) is 5.44. The first kappa shape index (κ1) is 22.0. The Bertz CT molecular complexity index is 905. The number of ether oxygens (including phenoxy) is 2. The van der Waals surface area contributed by atoms with Crippen molar-refractivity contribution in [1.29, 1.82) is 0 Å². The normalized spacial score (nSPS) is 14.6. The quantitative estimate of drug-likeness (QED) is 0.582. The third kappa shape index (κ3) is 5.44. The van der Waals surface area contributed by atoms with Crippen LogP contribution in [0.2, 0.25) is 0 Å². The molecule has 8 heteroatoms. The first-order chi connectivity index (χ1) is 14.3. The first-order valence-electron chi connectivity index (χ1n) is 9.87. The predicted octanol–water partition coefficient (Wildman–Crippen LogP) is 4.24. The van der Waals surface area contributed by atoms with Gasteiger partial charge in [-0.3, -0.25) is 4.79 Å². The van der Waals surface area contributed by atoms with Crippen molar-refractivity contribution in [1.82, 2.24) is 10.6 Å². The lowest BCUT2D eigenvalue weighted by molar-refractivity contribution is -0.124. The highest BCUT2D eigenvalue weighted by Crippen LogP contribution is 2.37. The van der Waals surface area contributed by atoms with Crippen LogP contribution in [0, 0.1) is 5.92 Å². The zero-order valence-corrected chi connectivity index (χ0v) is 18.8. The summed E-state index contributed by atoms with van der Waals surface area (Å²) >= 11 is 3.54. The molecule has 0 saturated heterocycles. The summed E-state index contributed by atoms with van der Waals surface area (Å²) in [5, 5.41) is 8.50. The van der Waals surface area contributed by atoms with Gasteiger partial charge in [0.1, 0.15) is 19.3 Å². The SMILES string of the molecule is CC(NC(=O)C(NC(=O)Nc1ccccc1)C(C)C)c1cc2c(cc1Br)OCCO2. The standard InChI is InChI=1S/C22H26BrN3O4/c1-13(2)20(26-22(28)25-15-7-5-4-6-8-15)21(27)24-14(3)16-11-18-19(12-17(16)23)30-10-9-29-18/h4-8,11-14,20H,9-10H2,1-3H3,(H,24,27)(H2,25,26,28). The number of hydrogen-bond acceptors (Lipinski definition) is 4. The minimum atomic E-state index is -0.688. The van der Waals surface area contributed by atoms with E-state index in [1.807, 2.05) is 51.1 Å². The van der Waals surface area contributed by atoms with Crippen molar-refractivity contribution in [2.45, 2.75) is 32.9 Å². The molecule has 3 N–H and O–H groups in total. The number of rotatable bonds is 6. The fourth-order valence-electron chi connectivity index (χ4n) is 3.16. The maximum absolute atomic E-state index is 12.9. The number of para-hydroxylation sites is 1. The second-order valence-corrected chi connectivity index (χ2v) is 8.29. The molecule has 3 rings (SSSR count). The number of fused-ring (bicyclic) bond motifs is 1. The molecule has 0 bridgehead atoms. The van der Waals surface area contributed by atoms with E-state index in [9.17, 15) is 9.59 Å². The number of halogens is 1. The third-order valence-electron chi connectivity index (χ3n) is 4.75. The Labute approximate surface area is 184 Å². The van der Waals surface area contributed by atoms with Gasteiger partial charge in [0.25, 0.3) is 0 Å². The van der Waals surface area contributed by atoms with Gasteiger partial charge >= 0.3 is 6.03 Å². The van der Waals surface area contributed by atoms with Crippen molar-refractivity contribution in [2.24, 2.45) is 5.92 Å². The summed E-state index contributed by atoms with van der Waals surface area (Å²) in [7, 11) is 0. The van der Waals surface area contributed by atoms with Crippen LogP contribution in [-0.4, -0.2) is 31.2 Å².